The molecule has 1 N–H and O–H groups in total. The molecule has 1 amide bonds. The van der Waals surface area contributed by atoms with Crippen LogP contribution >= 0.6 is 0 Å². The quantitative estimate of drug-likeness (QED) is 0.936. The van der Waals surface area contributed by atoms with E-state index in [1.807, 2.05) is 24.7 Å². The van der Waals surface area contributed by atoms with Crippen molar-refractivity contribution in [2.75, 3.05) is 6.61 Å². The van der Waals surface area contributed by atoms with Crippen molar-refractivity contribution < 1.29 is 9.53 Å². The molecule has 0 radical (unpaired) electrons. The average Bonchev–Trinajstić information content (AvgIpc) is 3.23. The van der Waals surface area contributed by atoms with Crippen LogP contribution in [0.3, 0.4) is 0 Å². The molecule has 0 spiro atoms. The lowest BCUT2D eigenvalue weighted by atomic mass is 10.0. The predicted octanol–water partition coefficient (Wildman–Crippen LogP) is 2.34. The molecule has 2 heterocycles. The zero-order valence-corrected chi connectivity index (χ0v) is 13.8. The van der Waals surface area contributed by atoms with Gasteiger partial charge in [0.2, 0.25) is 0 Å². The van der Waals surface area contributed by atoms with Crippen LogP contribution in [0.5, 0.6) is 0 Å². The van der Waals surface area contributed by atoms with Crippen LogP contribution in [0.2, 0.25) is 0 Å². The van der Waals surface area contributed by atoms with Crippen LogP contribution in [0, 0.1) is 18.3 Å². The van der Waals surface area contributed by atoms with Crippen molar-refractivity contribution in [1.82, 2.24) is 15.1 Å². The smallest absolute Gasteiger partial charge is 0.251 e. The van der Waals surface area contributed by atoms with Crippen molar-refractivity contribution in [2.45, 2.75) is 39.0 Å². The number of nitrogens with one attached hydrogen (secondary N) is 1. The summed E-state index contributed by atoms with van der Waals surface area (Å²) in [6.45, 7) is 5.27. The highest BCUT2D eigenvalue weighted by Gasteiger charge is 2.32. The van der Waals surface area contributed by atoms with Crippen molar-refractivity contribution >= 4 is 5.91 Å². The minimum atomic E-state index is -0.173. The third-order valence-electron chi connectivity index (χ3n) is 4.31. The van der Waals surface area contributed by atoms with E-state index in [4.69, 9.17) is 10.00 Å². The first-order valence-corrected chi connectivity index (χ1v) is 8.08. The third-order valence-corrected chi connectivity index (χ3v) is 4.31. The maximum Gasteiger partial charge on any atom is 0.251 e. The van der Waals surface area contributed by atoms with E-state index in [1.54, 1.807) is 24.4 Å². The molecule has 0 unspecified atom stereocenters. The molecule has 1 fully saturated rings. The summed E-state index contributed by atoms with van der Waals surface area (Å²) in [4.78, 5) is 12.6. The first-order chi connectivity index (χ1) is 11.6. The largest absolute Gasteiger partial charge is 0.371 e. The number of rotatable bonds is 4. The number of benzene rings is 1. The molecule has 0 aliphatic carbocycles. The molecule has 1 aliphatic heterocycles. The molecule has 1 aliphatic rings. The number of hydrogen-bond acceptors (Lipinski definition) is 4. The van der Waals surface area contributed by atoms with Crippen LogP contribution in [0.15, 0.2) is 30.6 Å². The zero-order chi connectivity index (χ0) is 17.1. The number of carbonyl (C=O) groups is 1. The van der Waals surface area contributed by atoms with Gasteiger partial charge in [-0.1, -0.05) is 0 Å². The van der Waals surface area contributed by atoms with Crippen LogP contribution in [0.1, 0.15) is 46.5 Å². The molecule has 6 heteroatoms. The van der Waals surface area contributed by atoms with Crippen molar-refractivity contribution in [3.63, 3.8) is 0 Å². The Morgan fingerprint density at radius 1 is 1.54 bits per heavy atom. The maximum absolute atomic E-state index is 12.6. The standard InChI is InChI=1S/C18H20N4O2/c1-3-22-11-14(10-20-22)17-16(6-7-24-17)21-18(23)15-5-4-13(9-19)8-12(15)2/h4-5,8,10-11,16-17H,3,6-7H2,1-2H3,(H,21,23)/t16-,17+/m0/s1. The van der Waals surface area contributed by atoms with Gasteiger partial charge in [0.15, 0.2) is 0 Å². The normalized spacial score (nSPS) is 19.9. The molecular formula is C18H20N4O2. The Labute approximate surface area is 141 Å². The number of nitrogens with zero attached hydrogens (tertiary/aromatic N) is 3. The van der Waals surface area contributed by atoms with Crippen LogP contribution in [-0.4, -0.2) is 28.3 Å². The fourth-order valence-electron chi connectivity index (χ4n) is 3.00. The second-order valence-corrected chi connectivity index (χ2v) is 5.93. The summed E-state index contributed by atoms with van der Waals surface area (Å²) in [5, 5.41) is 16.3. The lowest BCUT2D eigenvalue weighted by Crippen LogP contribution is -2.37. The van der Waals surface area contributed by atoms with Gasteiger partial charge in [-0.25, -0.2) is 0 Å². The SMILES string of the molecule is CCn1cc([C@H]2OCC[C@@H]2NC(=O)c2ccc(C#N)cc2C)cn1. The van der Waals surface area contributed by atoms with Gasteiger partial charge in [-0.05, 0) is 44.0 Å². The van der Waals surface area contributed by atoms with E-state index in [0.717, 1.165) is 24.1 Å². The Morgan fingerprint density at radius 3 is 3.04 bits per heavy atom. The van der Waals surface area contributed by atoms with Gasteiger partial charge < -0.3 is 10.1 Å². The highest BCUT2D eigenvalue weighted by molar-refractivity contribution is 5.96. The number of amides is 1. The van der Waals surface area contributed by atoms with E-state index in [9.17, 15) is 4.79 Å². The van der Waals surface area contributed by atoms with Gasteiger partial charge in [-0.2, -0.15) is 10.4 Å². The molecule has 2 aromatic rings. The van der Waals surface area contributed by atoms with Crippen LogP contribution in [0.4, 0.5) is 0 Å². The Bertz CT molecular complexity index is 791. The average molecular weight is 324 g/mol. The Morgan fingerprint density at radius 2 is 2.38 bits per heavy atom. The van der Waals surface area contributed by atoms with E-state index in [2.05, 4.69) is 16.5 Å². The molecule has 24 heavy (non-hydrogen) atoms. The number of aromatic nitrogens is 2. The van der Waals surface area contributed by atoms with Gasteiger partial charge in [0.05, 0.1) is 23.9 Å². The van der Waals surface area contributed by atoms with Crippen molar-refractivity contribution in [3.8, 4) is 6.07 Å². The van der Waals surface area contributed by atoms with Crippen LogP contribution in [-0.2, 0) is 11.3 Å². The monoisotopic (exact) mass is 324 g/mol. The Balaban J connectivity index is 1.74. The van der Waals surface area contributed by atoms with Gasteiger partial charge in [-0.3, -0.25) is 9.48 Å². The van der Waals surface area contributed by atoms with Gasteiger partial charge in [0.25, 0.3) is 5.91 Å². The fraction of sp³-hybridized carbons (Fsp3) is 0.389. The summed E-state index contributed by atoms with van der Waals surface area (Å²) in [6.07, 6.45) is 4.35. The number of ether oxygens (including phenoxy) is 1. The summed E-state index contributed by atoms with van der Waals surface area (Å²) in [6, 6.07) is 7.09. The number of carbonyl (C=O) groups excluding carboxylic acids is 1. The Kier molecular flexibility index (Phi) is 4.63. The lowest BCUT2D eigenvalue weighted by molar-refractivity contribution is 0.0821. The summed E-state index contributed by atoms with van der Waals surface area (Å²) in [5.41, 5.74) is 2.92. The van der Waals surface area contributed by atoms with Crippen molar-refractivity contribution in [3.05, 3.63) is 52.8 Å². The highest BCUT2D eigenvalue weighted by Crippen LogP contribution is 2.29. The molecule has 3 rings (SSSR count). The van der Waals surface area contributed by atoms with E-state index >= 15 is 0 Å². The van der Waals surface area contributed by atoms with Crippen molar-refractivity contribution in [2.24, 2.45) is 0 Å². The molecule has 2 atom stereocenters. The van der Waals surface area contributed by atoms with E-state index in [-0.39, 0.29) is 18.1 Å². The van der Waals surface area contributed by atoms with Gasteiger partial charge in [0.1, 0.15) is 6.10 Å². The van der Waals surface area contributed by atoms with Crippen LogP contribution < -0.4 is 5.32 Å². The lowest BCUT2D eigenvalue weighted by Gasteiger charge is -2.19. The fourth-order valence-corrected chi connectivity index (χ4v) is 3.00. The zero-order valence-electron chi connectivity index (χ0n) is 13.8. The molecule has 1 aromatic heterocycles. The Hall–Kier alpha value is -2.65. The second-order valence-electron chi connectivity index (χ2n) is 5.93. The summed E-state index contributed by atoms with van der Waals surface area (Å²) in [7, 11) is 0. The van der Waals surface area contributed by atoms with E-state index < -0.39 is 0 Å². The first kappa shape index (κ1) is 16.2. The third kappa shape index (κ3) is 3.17. The number of nitriles is 1. The van der Waals surface area contributed by atoms with Gasteiger partial charge in [-0.15, -0.1) is 0 Å². The summed E-state index contributed by atoms with van der Waals surface area (Å²) in [5.74, 6) is -0.139. The van der Waals surface area contributed by atoms with E-state index in [0.29, 0.717) is 17.7 Å². The minimum absolute atomic E-state index is 0.0814. The summed E-state index contributed by atoms with van der Waals surface area (Å²) < 4.78 is 7.65. The number of aryl methyl sites for hydroxylation is 2. The predicted molar refractivity (Wildman–Crippen MR) is 88.4 cm³/mol. The molecule has 6 nitrogen and oxygen atoms in total. The molecule has 124 valence electrons. The van der Waals surface area contributed by atoms with E-state index in [1.165, 1.54) is 0 Å². The van der Waals surface area contributed by atoms with Crippen molar-refractivity contribution in [1.29, 1.82) is 5.26 Å². The topological polar surface area (TPSA) is 79.9 Å². The number of hydrogen-bond donors (Lipinski definition) is 1. The van der Waals surface area contributed by atoms with Gasteiger partial charge >= 0.3 is 0 Å². The molecule has 0 bridgehead atoms. The summed E-state index contributed by atoms with van der Waals surface area (Å²) >= 11 is 0. The molecular weight excluding hydrogens is 304 g/mol. The van der Waals surface area contributed by atoms with Gasteiger partial charge in [0, 0.05) is 30.5 Å². The molecule has 1 saturated heterocycles. The molecule has 0 saturated carbocycles. The maximum atomic E-state index is 12.6. The molecule has 1 aromatic carbocycles. The van der Waals surface area contributed by atoms with Crippen LogP contribution in [0.25, 0.3) is 0 Å². The highest BCUT2D eigenvalue weighted by atomic mass is 16.5. The second kappa shape index (κ2) is 6.85. The minimum Gasteiger partial charge on any atom is -0.371 e. The first-order valence-electron chi connectivity index (χ1n) is 8.08.